The molecular weight excluding hydrogens is 218 g/mol. The number of carboxylic acid groups (broad SMARTS) is 1. The van der Waals surface area contributed by atoms with Crippen molar-refractivity contribution in [3.05, 3.63) is 23.8 Å². The molecule has 4 heteroatoms. The molecule has 1 fully saturated rings. The minimum absolute atomic E-state index is 0.252. The summed E-state index contributed by atoms with van der Waals surface area (Å²) >= 11 is 0. The van der Waals surface area contributed by atoms with Gasteiger partial charge in [-0.25, -0.2) is 0 Å². The maximum atomic E-state index is 11.0. The monoisotopic (exact) mass is 233 g/mol. The van der Waals surface area contributed by atoms with Crippen molar-refractivity contribution in [1.29, 1.82) is 0 Å². The fourth-order valence-electron chi connectivity index (χ4n) is 2.98. The minimum Gasteiger partial charge on any atom is -0.508 e. The predicted molar refractivity (Wildman–Crippen MR) is 63.3 cm³/mol. The molecule has 2 atom stereocenters. The molecular formula is C13H15NO3. The first-order chi connectivity index (χ1) is 8.15. The van der Waals surface area contributed by atoms with E-state index in [1.807, 2.05) is 6.07 Å². The summed E-state index contributed by atoms with van der Waals surface area (Å²) in [6.07, 6.45) is 2.66. The highest BCUT2D eigenvalue weighted by Crippen LogP contribution is 2.39. The Morgan fingerprint density at radius 1 is 1.35 bits per heavy atom. The molecule has 90 valence electrons. The minimum atomic E-state index is -0.711. The second-order valence-electron chi connectivity index (χ2n) is 4.94. The molecule has 0 bridgehead atoms. The van der Waals surface area contributed by atoms with Crippen molar-refractivity contribution in [2.45, 2.75) is 25.3 Å². The highest BCUT2D eigenvalue weighted by Gasteiger charge is 2.37. The van der Waals surface area contributed by atoms with Gasteiger partial charge in [-0.1, -0.05) is 6.07 Å². The van der Waals surface area contributed by atoms with Crippen LogP contribution in [0.4, 0.5) is 5.69 Å². The molecule has 4 nitrogen and oxygen atoms in total. The summed E-state index contributed by atoms with van der Waals surface area (Å²) < 4.78 is 0. The van der Waals surface area contributed by atoms with E-state index < -0.39 is 5.97 Å². The lowest BCUT2D eigenvalue weighted by atomic mass is 9.93. The summed E-state index contributed by atoms with van der Waals surface area (Å²) in [5.74, 6) is -0.738. The summed E-state index contributed by atoms with van der Waals surface area (Å²) in [5, 5.41) is 18.6. The number of hydrogen-bond acceptors (Lipinski definition) is 3. The molecule has 0 radical (unpaired) electrons. The van der Waals surface area contributed by atoms with E-state index in [0.29, 0.717) is 12.6 Å². The second-order valence-corrected chi connectivity index (χ2v) is 4.94. The van der Waals surface area contributed by atoms with Gasteiger partial charge in [-0.3, -0.25) is 4.79 Å². The number of nitrogens with zero attached hydrogens (tertiary/aromatic N) is 1. The van der Waals surface area contributed by atoms with Crippen LogP contribution in [0, 0.1) is 5.92 Å². The van der Waals surface area contributed by atoms with Gasteiger partial charge in [-0.05, 0) is 30.9 Å². The van der Waals surface area contributed by atoms with E-state index in [1.165, 1.54) is 5.56 Å². The van der Waals surface area contributed by atoms with Gasteiger partial charge >= 0.3 is 5.97 Å². The van der Waals surface area contributed by atoms with Crippen molar-refractivity contribution in [2.75, 3.05) is 11.4 Å². The molecule has 2 N–H and O–H groups in total. The topological polar surface area (TPSA) is 60.8 Å². The van der Waals surface area contributed by atoms with Gasteiger partial charge in [0.1, 0.15) is 5.75 Å². The van der Waals surface area contributed by atoms with E-state index in [1.54, 1.807) is 12.1 Å². The Labute approximate surface area is 99.5 Å². The maximum Gasteiger partial charge on any atom is 0.308 e. The van der Waals surface area contributed by atoms with Crippen molar-refractivity contribution < 1.29 is 15.0 Å². The third-order valence-corrected chi connectivity index (χ3v) is 3.89. The number of aromatic hydroxyl groups is 1. The molecule has 2 unspecified atom stereocenters. The average molecular weight is 233 g/mol. The van der Waals surface area contributed by atoms with E-state index in [0.717, 1.165) is 24.9 Å². The normalized spacial score (nSPS) is 26.5. The largest absolute Gasteiger partial charge is 0.508 e. The predicted octanol–water partition coefficient (Wildman–Crippen LogP) is 1.62. The van der Waals surface area contributed by atoms with Gasteiger partial charge in [-0.15, -0.1) is 0 Å². The Morgan fingerprint density at radius 2 is 2.18 bits per heavy atom. The quantitative estimate of drug-likeness (QED) is 0.773. The number of carboxylic acids is 1. The molecule has 17 heavy (non-hydrogen) atoms. The molecule has 0 aliphatic carbocycles. The van der Waals surface area contributed by atoms with Crippen LogP contribution in [0.5, 0.6) is 5.75 Å². The lowest BCUT2D eigenvalue weighted by Crippen LogP contribution is -2.43. The van der Waals surface area contributed by atoms with Crippen LogP contribution in [0.1, 0.15) is 18.4 Å². The van der Waals surface area contributed by atoms with Crippen molar-refractivity contribution in [2.24, 2.45) is 5.92 Å². The number of aliphatic carboxylic acids is 1. The number of phenolic OH excluding ortho intramolecular Hbond substituents is 1. The molecule has 0 saturated carbocycles. The highest BCUT2D eigenvalue weighted by molar-refractivity contribution is 5.72. The van der Waals surface area contributed by atoms with Gasteiger partial charge in [0.05, 0.1) is 5.92 Å². The van der Waals surface area contributed by atoms with Crippen molar-refractivity contribution in [3.63, 3.8) is 0 Å². The van der Waals surface area contributed by atoms with Gasteiger partial charge in [0.2, 0.25) is 0 Å². The zero-order chi connectivity index (χ0) is 12.0. The molecule has 1 aromatic carbocycles. The zero-order valence-corrected chi connectivity index (χ0v) is 9.47. The highest BCUT2D eigenvalue weighted by atomic mass is 16.4. The standard InChI is InChI=1S/C13H15NO3/c15-11-4-2-8-5-10-3-1-9(13(16)17)7-14(10)12(8)6-11/h2,4,6,9-10,15H,1,3,5,7H2,(H,16,17). The van der Waals surface area contributed by atoms with Gasteiger partial charge in [0.25, 0.3) is 0 Å². The number of hydrogen-bond donors (Lipinski definition) is 2. The first-order valence-electron chi connectivity index (χ1n) is 5.96. The molecule has 0 amide bonds. The van der Waals surface area contributed by atoms with Crippen LogP contribution in [0.15, 0.2) is 18.2 Å². The van der Waals surface area contributed by atoms with Crippen LogP contribution in [0.25, 0.3) is 0 Å². The number of anilines is 1. The first-order valence-corrected chi connectivity index (χ1v) is 5.96. The summed E-state index contributed by atoms with van der Waals surface area (Å²) in [5.41, 5.74) is 2.24. The molecule has 2 aliphatic heterocycles. The molecule has 1 saturated heterocycles. The van der Waals surface area contributed by atoms with Gasteiger partial charge in [0, 0.05) is 24.3 Å². The van der Waals surface area contributed by atoms with E-state index in [4.69, 9.17) is 5.11 Å². The summed E-state index contributed by atoms with van der Waals surface area (Å²) in [7, 11) is 0. The van der Waals surface area contributed by atoms with E-state index in [2.05, 4.69) is 4.90 Å². The Bertz CT molecular complexity index is 472. The molecule has 0 spiro atoms. The SMILES string of the molecule is O=C(O)C1CCC2Cc3ccc(O)cc3N2C1. The van der Waals surface area contributed by atoms with E-state index >= 15 is 0 Å². The lowest BCUT2D eigenvalue weighted by molar-refractivity contribution is -0.142. The van der Waals surface area contributed by atoms with Gasteiger partial charge < -0.3 is 15.1 Å². The molecule has 2 aliphatic rings. The maximum absolute atomic E-state index is 11.0. The smallest absolute Gasteiger partial charge is 0.308 e. The Hall–Kier alpha value is -1.71. The van der Waals surface area contributed by atoms with E-state index in [9.17, 15) is 9.90 Å². The van der Waals surface area contributed by atoms with Crippen molar-refractivity contribution in [3.8, 4) is 5.75 Å². The van der Waals surface area contributed by atoms with Gasteiger partial charge in [0.15, 0.2) is 0 Å². The number of carbonyl (C=O) groups is 1. The third-order valence-electron chi connectivity index (χ3n) is 3.89. The van der Waals surface area contributed by atoms with Crippen LogP contribution in [-0.4, -0.2) is 28.8 Å². The zero-order valence-electron chi connectivity index (χ0n) is 9.47. The lowest BCUT2D eigenvalue weighted by Gasteiger charge is -2.35. The summed E-state index contributed by atoms with van der Waals surface area (Å²) in [6.45, 7) is 0.566. The first kappa shape index (κ1) is 10.4. The Morgan fingerprint density at radius 3 is 2.94 bits per heavy atom. The fraction of sp³-hybridized carbons (Fsp3) is 0.462. The van der Waals surface area contributed by atoms with Crippen molar-refractivity contribution in [1.82, 2.24) is 0 Å². The number of rotatable bonds is 1. The summed E-state index contributed by atoms with van der Waals surface area (Å²) in [6, 6.07) is 5.81. The van der Waals surface area contributed by atoms with Crippen LogP contribution in [0.2, 0.25) is 0 Å². The molecule has 0 aromatic heterocycles. The van der Waals surface area contributed by atoms with Crippen molar-refractivity contribution >= 4 is 11.7 Å². The molecule has 1 aromatic rings. The molecule has 2 heterocycles. The number of phenols is 1. The third kappa shape index (κ3) is 1.64. The Balaban J connectivity index is 1.92. The second kappa shape index (κ2) is 3.65. The number of fused-ring (bicyclic) bond motifs is 3. The molecule has 3 rings (SSSR count). The summed E-state index contributed by atoms with van der Waals surface area (Å²) in [4.78, 5) is 13.2. The van der Waals surface area contributed by atoms with Gasteiger partial charge in [-0.2, -0.15) is 0 Å². The number of benzene rings is 1. The van der Waals surface area contributed by atoms with Crippen LogP contribution >= 0.6 is 0 Å². The van der Waals surface area contributed by atoms with Crippen LogP contribution < -0.4 is 4.90 Å². The van der Waals surface area contributed by atoms with E-state index in [-0.39, 0.29) is 11.7 Å². The van der Waals surface area contributed by atoms with Crippen LogP contribution in [0.3, 0.4) is 0 Å². The number of piperidine rings is 1. The van der Waals surface area contributed by atoms with Crippen LogP contribution in [-0.2, 0) is 11.2 Å². The fourth-order valence-corrected chi connectivity index (χ4v) is 2.98. The average Bonchev–Trinajstić information content (AvgIpc) is 2.66. The Kier molecular flexibility index (Phi) is 2.24.